The molecule has 1 fully saturated rings. The number of likely N-dealkylation sites (N-methyl/N-ethyl adjacent to an activating group) is 1. The summed E-state index contributed by atoms with van der Waals surface area (Å²) in [5, 5.41) is 0. The van der Waals surface area contributed by atoms with E-state index in [0.29, 0.717) is 19.0 Å². The number of anilines is 1. The van der Waals surface area contributed by atoms with Crippen LogP contribution in [0.25, 0.3) is 0 Å². The van der Waals surface area contributed by atoms with Crippen LogP contribution >= 0.6 is 0 Å². The smallest absolute Gasteiger partial charge is 0.410 e. The number of carbonyl (C=O) groups excluding carboxylic acids is 1. The summed E-state index contributed by atoms with van der Waals surface area (Å²) in [4.78, 5) is 33.1. The average Bonchev–Trinajstić information content (AvgIpc) is 2.31. The molecule has 0 aromatic carbocycles. The van der Waals surface area contributed by atoms with Crippen molar-refractivity contribution in [2.24, 2.45) is 0 Å². The molecule has 0 atom stereocenters. The number of H-pyrrole nitrogens is 1. The molecule has 2 rings (SSSR count). The molecule has 0 spiro atoms. The molecule has 0 radical (unpaired) electrons. The second-order valence-corrected chi connectivity index (χ2v) is 6.44. The summed E-state index contributed by atoms with van der Waals surface area (Å²) in [6.07, 6.45) is -0.395. The zero-order chi connectivity index (χ0) is 16.7. The number of nitrogens with one attached hydrogen (secondary N) is 1. The molecule has 0 saturated carbocycles. The highest BCUT2D eigenvalue weighted by molar-refractivity contribution is 5.68. The van der Waals surface area contributed by atoms with Gasteiger partial charge in [0.15, 0.2) is 0 Å². The number of halogens is 1. The molecule has 1 amide bonds. The number of amides is 1. The SMILES string of the molecule is Cc1nc(N2CC(N(C)C(=O)OC(C)(C)C)C2)[nH]c(=O)c1F. The van der Waals surface area contributed by atoms with Crippen molar-refractivity contribution in [3.63, 3.8) is 0 Å². The van der Waals surface area contributed by atoms with Gasteiger partial charge in [-0.2, -0.15) is 4.39 Å². The lowest BCUT2D eigenvalue weighted by molar-refractivity contribution is 0.0196. The maximum Gasteiger partial charge on any atom is 0.410 e. The summed E-state index contributed by atoms with van der Waals surface area (Å²) >= 11 is 0. The molecule has 1 aromatic heterocycles. The number of nitrogens with zero attached hydrogens (tertiary/aromatic N) is 3. The summed E-state index contributed by atoms with van der Waals surface area (Å²) in [6, 6.07) is -0.0366. The van der Waals surface area contributed by atoms with Gasteiger partial charge in [0.1, 0.15) is 5.60 Å². The van der Waals surface area contributed by atoms with Crippen LogP contribution in [0, 0.1) is 12.7 Å². The average molecular weight is 312 g/mol. The lowest BCUT2D eigenvalue weighted by Crippen LogP contribution is -2.61. The van der Waals surface area contributed by atoms with Gasteiger partial charge in [-0.05, 0) is 27.7 Å². The molecule has 0 unspecified atom stereocenters. The van der Waals surface area contributed by atoms with E-state index in [4.69, 9.17) is 4.74 Å². The highest BCUT2D eigenvalue weighted by Crippen LogP contribution is 2.21. The van der Waals surface area contributed by atoms with E-state index in [9.17, 15) is 14.0 Å². The minimum atomic E-state index is -0.869. The molecule has 22 heavy (non-hydrogen) atoms. The third kappa shape index (κ3) is 3.37. The fourth-order valence-electron chi connectivity index (χ4n) is 2.06. The van der Waals surface area contributed by atoms with Gasteiger partial charge in [-0.25, -0.2) is 9.78 Å². The second-order valence-electron chi connectivity index (χ2n) is 6.44. The van der Waals surface area contributed by atoms with E-state index in [1.165, 1.54) is 11.8 Å². The fraction of sp³-hybridized carbons (Fsp3) is 0.643. The van der Waals surface area contributed by atoms with Gasteiger partial charge in [0.2, 0.25) is 11.8 Å². The van der Waals surface area contributed by atoms with Gasteiger partial charge in [-0.3, -0.25) is 9.78 Å². The Labute approximate surface area is 128 Å². The molecule has 1 aliphatic rings. The van der Waals surface area contributed by atoms with Gasteiger partial charge >= 0.3 is 6.09 Å². The normalized spacial score (nSPS) is 15.5. The maximum atomic E-state index is 13.3. The Morgan fingerprint density at radius 3 is 2.55 bits per heavy atom. The predicted molar refractivity (Wildman–Crippen MR) is 79.6 cm³/mol. The van der Waals surface area contributed by atoms with Crippen LogP contribution in [0.3, 0.4) is 0 Å². The van der Waals surface area contributed by atoms with Crippen LogP contribution in [0.1, 0.15) is 26.5 Å². The zero-order valence-electron chi connectivity index (χ0n) is 13.4. The molecule has 1 aliphatic heterocycles. The van der Waals surface area contributed by atoms with E-state index in [-0.39, 0.29) is 11.7 Å². The Bertz CT molecular complexity index is 632. The van der Waals surface area contributed by atoms with Gasteiger partial charge < -0.3 is 14.5 Å². The number of hydrogen-bond acceptors (Lipinski definition) is 5. The molecular formula is C14H21FN4O3. The number of ether oxygens (including phenoxy) is 1. The van der Waals surface area contributed by atoms with Crippen LogP contribution in [0.4, 0.5) is 15.1 Å². The molecular weight excluding hydrogens is 291 g/mol. The highest BCUT2D eigenvalue weighted by Gasteiger charge is 2.35. The van der Waals surface area contributed by atoms with E-state index in [0.717, 1.165) is 0 Å². The topological polar surface area (TPSA) is 78.5 Å². The van der Waals surface area contributed by atoms with Crippen LogP contribution in [-0.4, -0.2) is 52.7 Å². The third-order valence-corrected chi connectivity index (χ3v) is 3.41. The number of aryl methyl sites for hydroxylation is 1. The lowest BCUT2D eigenvalue weighted by Gasteiger charge is -2.44. The van der Waals surface area contributed by atoms with Gasteiger partial charge in [-0.15, -0.1) is 0 Å². The Hall–Kier alpha value is -2.12. The molecule has 2 heterocycles. The number of aromatic nitrogens is 2. The zero-order valence-corrected chi connectivity index (χ0v) is 13.4. The Morgan fingerprint density at radius 2 is 2.05 bits per heavy atom. The van der Waals surface area contributed by atoms with Crippen LogP contribution in [-0.2, 0) is 4.74 Å². The first-order chi connectivity index (χ1) is 10.1. The van der Waals surface area contributed by atoms with E-state index in [1.54, 1.807) is 11.9 Å². The van der Waals surface area contributed by atoms with Crippen LogP contribution in [0.2, 0.25) is 0 Å². The minimum Gasteiger partial charge on any atom is -0.444 e. The fourth-order valence-corrected chi connectivity index (χ4v) is 2.06. The number of hydrogen-bond donors (Lipinski definition) is 1. The molecule has 1 saturated heterocycles. The summed E-state index contributed by atoms with van der Waals surface area (Å²) < 4.78 is 18.6. The van der Waals surface area contributed by atoms with E-state index in [1.807, 2.05) is 20.8 Å². The summed E-state index contributed by atoms with van der Waals surface area (Å²) in [6.45, 7) is 7.87. The quantitative estimate of drug-likeness (QED) is 0.890. The first-order valence-electron chi connectivity index (χ1n) is 7.05. The first-order valence-corrected chi connectivity index (χ1v) is 7.05. The van der Waals surface area contributed by atoms with Crippen LogP contribution < -0.4 is 10.5 Å². The van der Waals surface area contributed by atoms with E-state index >= 15 is 0 Å². The predicted octanol–water partition coefficient (Wildman–Crippen LogP) is 1.27. The van der Waals surface area contributed by atoms with Crippen LogP contribution in [0.15, 0.2) is 4.79 Å². The number of carbonyl (C=O) groups is 1. The number of aromatic amines is 1. The molecule has 1 N–H and O–H groups in total. The second kappa shape index (κ2) is 5.58. The highest BCUT2D eigenvalue weighted by atomic mass is 19.1. The Kier molecular flexibility index (Phi) is 4.12. The third-order valence-electron chi connectivity index (χ3n) is 3.41. The van der Waals surface area contributed by atoms with Crippen molar-refractivity contribution in [1.82, 2.24) is 14.9 Å². The molecule has 8 heteroatoms. The summed E-state index contributed by atoms with van der Waals surface area (Å²) in [7, 11) is 1.67. The largest absolute Gasteiger partial charge is 0.444 e. The molecule has 122 valence electrons. The molecule has 0 aliphatic carbocycles. The summed E-state index contributed by atoms with van der Waals surface area (Å²) in [5.74, 6) is -0.551. The Morgan fingerprint density at radius 1 is 1.45 bits per heavy atom. The van der Waals surface area contributed by atoms with E-state index in [2.05, 4.69) is 9.97 Å². The standard InChI is InChI=1S/C14H21FN4O3/c1-8-10(15)11(20)17-12(16-8)19-6-9(7-19)18(5)13(21)22-14(2,3)4/h9H,6-7H2,1-5H3,(H,16,17,20). The van der Waals surface area contributed by atoms with Gasteiger partial charge in [-0.1, -0.05) is 0 Å². The van der Waals surface area contributed by atoms with Gasteiger partial charge in [0.05, 0.1) is 11.7 Å². The van der Waals surface area contributed by atoms with Crippen molar-refractivity contribution in [2.75, 3.05) is 25.0 Å². The molecule has 0 bridgehead atoms. The van der Waals surface area contributed by atoms with Crippen molar-refractivity contribution in [2.45, 2.75) is 39.3 Å². The van der Waals surface area contributed by atoms with Crippen molar-refractivity contribution in [3.8, 4) is 0 Å². The van der Waals surface area contributed by atoms with Crippen molar-refractivity contribution < 1.29 is 13.9 Å². The summed E-state index contributed by atoms with van der Waals surface area (Å²) in [5.41, 5.74) is -1.27. The Balaban J connectivity index is 1.98. The minimum absolute atomic E-state index is 0.0366. The lowest BCUT2D eigenvalue weighted by atomic mass is 10.1. The van der Waals surface area contributed by atoms with Crippen molar-refractivity contribution in [1.29, 1.82) is 0 Å². The maximum absolute atomic E-state index is 13.3. The first kappa shape index (κ1) is 16.3. The molecule has 7 nitrogen and oxygen atoms in total. The van der Waals surface area contributed by atoms with Crippen LogP contribution in [0.5, 0.6) is 0 Å². The van der Waals surface area contributed by atoms with Gasteiger partial charge in [0, 0.05) is 20.1 Å². The van der Waals surface area contributed by atoms with Crippen molar-refractivity contribution in [3.05, 3.63) is 21.9 Å². The number of rotatable bonds is 2. The van der Waals surface area contributed by atoms with Gasteiger partial charge in [0.25, 0.3) is 5.56 Å². The monoisotopic (exact) mass is 312 g/mol. The molecule has 1 aromatic rings. The van der Waals surface area contributed by atoms with Crippen molar-refractivity contribution >= 4 is 12.0 Å². The van der Waals surface area contributed by atoms with E-state index < -0.39 is 23.1 Å².